The zero-order valence-electron chi connectivity index (χ0n) is 8.84. The molecule has 0 aliphatic carbocycles. The smallest absolute Gasteiger partial charge is 0.481 e. The molecule has 1 rings (SSSR count). The molecule has 0 aromatic carbocycles. The predicted molar refractivity (Wildman–Crippen MR) is 52.2 cm³/mol. The van der Waals surface area contributed by atoms with Crippen LogP contribution < -0.4 is 4.74 Å². The van der Waals surface area contributed by atoms with Crippen LogP contribution in [0, 0.1) is 0 Å². The molecule has 0 saturated carbocycles. The van der Waals surface area contributed by atoms with Crippen LogP contribution in [-0.4, -0.2) is 22.4 Å². The number of halogens is 6. The predicted octanol–water partition coefficient (Wildman–Crippen LogP) is 3.20. The molecular weight excluding hydrogens is 301 g/mol. The van der Waals surface area contributed by atoms with E-state index in [9.17, 15) is 26.7 Å². The van der Waals surface area contributed by atoms with E-state index in [4.69, 9.17) is 16.7 Å². The second kappa shape index (κ2) is 5.55. The number of rotatable bonds is 4. The highest BCUT2D eigenvalue weighted by Crippen LogP contribution is 2.37. The fourth-order valence-electron chi connectivity index (χ4n) is 1.18. The molecule has 0 spiro atoms. The molecule has 0 bridgehead atoms. The highest BCUT2D eigenvalue weighted by molar-refractivity contribution is 6.32. The quantitative estimate of drug-likeness (QED) is 0.868. The number of hydrogen-bond acceptors (Lipinski definition) is 3. The number of carbonyl (C=O) groups is 1. The maximum absolute atomic E-state index is 12.6. The Morgan fingerprint density at radius 2 is 2.05 bits per heavy atom. The highest BCUT2D eigenvalue weighted by atomic mass is 35.5. The first-order chi connectivity index (χ1) is 8.60. The number of aromatic nitrogens is 1. The number of aliphatic carboxylic acids is 1. The first-order valence-corrected chi connectivity index (χ1v) is 4.93. The molecule has 1 aromatic heterocycles. The summed E-state index contributed by atoms with van der Waals surface area (Å²) in [6.45, 7) is 0. The Hall–Kier alpha value is -1.64. The molecule has 1 N–H and O–H groups in total. The van der Waals surface area contributed by atoms with E-state index >= 15 is 0 Å². The number of hydrogen-bond donors (Lipinski definition) is 1. The van der Waals surface area contributed by atoms with Crippen molar-refractivity contribution in [2.24, 2.45) is 0 Å². The van der Waals surface area contributed by atoms with Crippen molar-refractivity contribution in [2.45, 2.75) is 19.2 Å². The first-order valence-electron chi connectivity index (χ1n) is 4.55. The van der Waals surface area contributed by atoms with Gasteiger partial charge in [-0.3, -0.25) is 4.79 Å². The van der Waals surface area contributed by atoms with E-state index in [2.05, 4.69) is 9.72 Å². The van der Waals surface area contributed by atoms with Crippen LogP contribution in [0.25, 0.3) is 0 Å². The second-order valence-corrected chi connectivity index (χ2v) is 3.64. The molecule has 0 amide bonds. The molecule has 0 aliphatic rings. The topological polar surface area (TPSA) is 59.4 Å². The fourth-order valence-corrected chi connectivity index (χ4v) is 1.44. The number of nitrogens with zero attached hydrogens (tertiary/aromatic N) is 1. The van der Waals surface area contributed by atoms with Gasteiger partial charge in [-0.15, -0.1) is 13.2 Å². The summed E-state index contributed by atoms with van der Waals surface area (Å²) in [5, 5.41) is 7.67. The van der Waals surface area contributed by atoms with Crippen molar-refractivity contribution in [3.63, 3.8) is 0 Å². The Bertz CT molecular complexity index is 491. The van der Waals surface area contributed by atoms with Gasteiger partial charge in [0.25, 0.3) is 6.43 Å². The van der Waals surface area contributed by atoms with Crippen molar-refractivity contribution in [3.05, 3.63) is 22.5 Å². The van der Waals surface area contributed by atoms with Crippen molar-refractivity contribution in [1.29, 1.82) is 0 Å². The normalized spacial score (nSPS) is 11.7. The van der Waals surface area contributed by atoms with Crippen LogP contribution in [0.4, 0.5) is 22.0 Å². The summed E-state index contributed by atoms with van der Waals surface area (Å²) >= 11 is 5.38. The lowest BCUT2D eigenvalue weighted by Crippen LogP contribution is -2.19. The van der Waals surface area contributed by atoms with E-state index in [1.54, 1.807) is 0 Å². The molecule has 10 heteroatoms. The monoisotopic (exact) mass is 305 g/mol. The summed E-state index contributed by atoms with van der Waals surface area (Å²) < 4.78 is 64.6. The lowest BCUT2D eigenvalue weighted by molar-refractivity contribution is -0.275. The lowest BCUT2D eigenvalue weighted by Gasteiger charge is -2.14. The standard InChI is InChI=1S/C9H5ClF5NO3/c10-4-1-3(2-5(17)18)16-6(8(11)12)7(4)19-9(13,14)15/h1,8H,2H2,(H,17,18). The van der Waals surface area contributed by atoms with Gasteiger partial charge in [-0.1, -0.05) is 11.6 Å². The van der Waals surface area contributed by atoms with Gasteiger partial charge in [0.15, 0.2) is 11.4 Å². The Kier molecular flexibility index (Phi) is 4.51. The molecule has 19 heavy (non-hydrogen) atoms. The third-order valence-electron chi connectivity index (χ3n) is 1.76. The molecule has 0 atom stereocenters. The van der Waals surface area contributed by atoms with Gasteiger partial charge in [0.1, 0.15) is 0 Å². The van der Waals surface area contributed by atoms with E-state index in [1.165, 1.54) is 0 Å². The molecule has 0 radical (unpaired) electrons. The Morgan fingerprint density at radius 1 is 1.47 bits per heavy atom. The van der Waals surface area contributed by atoms with E-state index in [1.807, 2.05) is 0 Å². The largest absolute Gasteiger partial charge is 0.573 e. The SMILES string of the molecule is O=C(O)Cc1cc(Cl)c(OC(F)(F)F)c(C(F)F)n1. The maximum atomic E-state index is 12.6. The van der Waals surface area contributed by atoms with E-state index in [0.29, 0.717) is 0 Å². The van der Waals surface area contributed by atoms with Crippen molar-refractivity contribution >= 4 is 17.6 Å². The lowest BCUT2D eigenvalue weighted by atomic mass is 10.2. The van der Waals surface area contributed by atoms with Gasteiger partial charge in [0, 0.05) is 0 Å². The van der Waals surface area contributed by atoms with E-state index in [-0.39, 0.29) is 0 Å². The summed E-state index contributed by atoms with van der Waals surface area (Å²) in [5.41, 5.74) is -1.76. The molecule has 1 aromatic rings. The Balaban J connectivity index is 3.27. The zero-order valence-corrected chi connectivity index (χ0v) is 9.60. The number of carboxylic acids is 1. The molecule has 0 aliphatic heterocycles. The van der Waals surface area contributed by atoms with Crippen molar-refractivity contribution < 1.29 is 36.6 Å². The second-order valence-electron chi connectivity index (χ2n) is 3.23. The molecular formula is C9H5ClF5NO3. The fraction of sp³-hybridized carbons (Fsp3) is 0.333. The molecule has 1 heterocycles. The van der Waals surface area contributed by atoms with Crippen LogP contribution in [0.2, 0.25) is 5.02 Å². The number of carboxylic acid groups (broad SMARTS) is 1. The minimum Gasteiger partial charge on any atom is -0.481 e. The molecule has 106 valence electrons. The van der Waals surface area contributed by atoms with Crippen LogP contribution in [0.3, 0.4) is 0 Å². The van der Waals surface area contributed by atoms with Gasteiger partial charge in [0.05, 0.1) is 17.1 Å². The van der Waals surface area contributed by atoms with Gasteiger partial charge >= 0.3 is 12.3 Å². The average molecular weight is 306 g/mol. The van der Waals surface area contributed by atoms with Crippen LogP contribution >= 0.6 is 11.6 Å². The minimum atomic E-state index is -5.22. The number of ether oxygens (including phenoxy) is 1. The summed E-state index contributed by atoms with van der Waals surface area (Å²) in [6, 6.07) is 0.725. The third-order valence-corrected chi connectivity index (χ3v) is 2.04. The van der Waals surface area contributed by atoms with Crippen molar-refractivity contribution in [2.75, 3.05) is 0 Å². The average Bonchev–Trinajstić information content (AvgIpc) is 2.18. The van der Waals surface area contributed by atoms with Gasteiger partial charge < -0.3 is 9.84 Å². The van der Waals surface area contributed by atoms with Gasteiger partial charge in [0.2, 0.25) is 0 Å². The van der Waals surface area contributed by atoms with E-state index < -0.39 is 47.3 Å². The van der Waals surface area contributed by atoms with Gasteiger partial charge in [-0.2, -0.15) is 0 Å². The number of alkyl halides is 5. The molecule has 0 unspecified atom stereocenters. The van der Waals surface area contributed by atoms with E-state index in [0.717, 1.165) is 6.07 Å². The molecule has 4 nitrogen and oxygen atoms in total. The molecule has 0 saturated heterocycles. The van der Waals surface area contributed by atoms with Gasteiger partial charge in [-0.25, -0.2) is 13.8 Å². The summed E-state index contributed by atoms with van der Waals surface area (Å²) in [4.78, 5) is 13.5. The molecule has 0 fully saturated rings. The maximum Gasteiger partial charge on any atom is 0.573 e. The Morgan fingerprint density at radius 3 is 2.47 bits per heavy atom. The van der Waals surface area contributed by atoms with Crippen LogP contribution in [0.1, 0.15) is 17.8 Å². The van der Waals surface area contributed by atoms with Crippen LogP contribution in [0.15, 0.2) is 6.07 Å². The van der Waals surface area contributed by atoms with Crippen LogP contribution in [0.5, 0.6) is 5.75 Å². The Labute approximate surface area is 107 Å². The van der Waals surface area contributed by atoms with Crippen molar-refractivity contribution in [1.82, 2.24) is 4.98 Å². The van der Waals surface area contributed by atoms with Crippen LogP contribution in [-0.2, 0) is 11.2 Å². The highest BCUT2D eigenvalue weighted by Gasteiger charge is 2.35. The first kappa shape index (κ1) is 15.4. The summed E-state index contributed by atoms with van der Waals surface area (Å²) in [7, 11) is 0. The summed E-state index contributed by atoms with van der Waals surface area (Å²) in [6.07, 6.45) is -9.38. The van der Waals surface area contributed by atoms with Gasteiger partial charge in [-0.05, 0) is 6.07 Å². The number of pyridine rings is 1. The third kappa shape index (κ3) is 4.51. The minimum absolute atomic E-state index is 0.401. The zero-order chi connectivity index (χ0) is 14.8. The van der Waals surface area contributed by atoms with Crippen molar-refractivity contribution in [3.8, 4) is 5.75 Å². The summed E-state index contributed by atoms with van der Waals surface area (Å²) in [5.74, 6) is -2.73.